The average Bonchev–Trinajstić information content (AvgIpc) is 3.18. The molecule has 1 N–H and O–H groups in total. The first-order valence-corrected chi connectivity index (χ1v) is 9.69. The van der Waals surface area contributed by atoms with Gasteiger partial charge < -0.3 is 10.2 Å². The van der Waals surface area contributed by atoms with Crippen molar-refractivity contribution in [1.82, 2.24) is 0 Å². The average molecular weight is 363 g/mol. The Kier molecular flexibility index (Phi) is 4.60. The highest BCUT2D eigenvalue weighted by atomic mass is 16.6. The number of hydrogen-bond acceptors (Lipinski definition) is 4. The molecular formula is C22H25N3O2. The fourth-order valence-corrected chi connectivity index (χ4v) is 4.59. The smallest absolute Gasteiger partial charge is 0.274 e. The first kappa shape index (κ1) is 17.6. The molecule has 5 heteroatoms. The fraction of sp³-hybridized carbons (Fsp3) is 0.364. The summed E-state index contributed by atoms with van der Waals surface area (Å²) in [6, 6.07) is 13.6. The molecular weight excluding hydrogens is 338 g/mol. The van der Waals surface area contributed by atoms with Crippen LogP contribution in [0.3, 0.4) is 0 Å². The maximum atomic E-state index is 11.5. The summed E-state index contributed by atoms with van der Waals surface area (Å²) >= 11 is 0. The molecule has 0 amide bonds. The Labute approximate surface area is 159 Å². The van der Waals surface area contributed by atoms with Crippen LogP contribution in [-0.4, -0.2) is 18.0 Å². The lowest BCUT2D eigenvalue weighted by Crippen LogP contribution is -2.30. The summed E-state index contributed by atoms with van der Waals surface area (Å²) in [6.45, 7) is 6.30. The molecule has 1 aliphatic heterocycles. The van der Waals surface area contributed by atoms with E-state index in [9.17, 15) is 10.1 Å². The van der Waals surface area contributed by atoms with Crippen molar-refractivity contribution in [3.63, 3.8) is 0 Å². The van der Waals surface area contributed by atoms with E-state index in [2.05, 4.69) is 54.4 Å². The van der Waals surface area contributed by atoms with Crippen molar-refractivity contribution in [1.29, 1.82) is 0 Å². The summed E-state index contributed by atoms with van der Waals surface area (Å²) in [5, 5.41) is 15.2. The van der Waals surface area contributed by atoms with Gasteiger partial charge in [-0.2, -0.15) is 0 Å². The van der Waals surface area contributed by atoms with E-state index in [1.165, 1.54) is 11.3 Å². The van der Waals surface area contributed by atoms with E-state index in [0.29, 0.717) is 11.8 Å². The summed E-state index contributed by atoms with van der Waals surface area (Å²) in [5.74, 6) is 0.590. The van der Waals surface area contributed by atoms with Crippen LogP contribution < -0.4 is 10.2 Å². The van der Waals surface area contributed by atoms with E-state index in [1.807, 2.05) is 12.1 Å². The number of hydrogen-bond donors (Lipinski definition) is 1. The Balaban J connectivity index is 1.76. The lowest BCUT2D eigenvalue weighted by Gasteiger charge is -2.38. The van der Waals surface area contributed by atoms with Crippen molar-refractivity contribution >= 4 is 17.1 Å². The number of fused-ring (bicyclic) bond motifs is 3. The predicted octanol–water partition coefficient (Wildman–Crippen LogP) is 5.27. The van der Waals surface area contributed by atoms with Gasteiger partial charge in [0.2, 0.25) is 0 Å². The van der Waals surface area contributed by atoms with Crippen LogP contribution in [0, 0.1) is 16.0 Å². The summed E-state index contributed by atoms with van der Waals surface area (Å²) in [4.78, 5) is 13.6. The van der Waals surface area contributed by atoms with Crippen molar-refractivity contribution in [3.05, 3.63) is 75.9 Å². The van der Waals surface area contributed by atoms with Crippen LogP contribution >= 0.6 is 0 Å². The third-order valence-corrected chi connectivity index (χ3v) is 5.94. The minimum Gasteiger partial charge on any atom is -0.377 e. The van der Waals surface area contributed by atoms with Crippen LogP contribution in [0.4, 0.5) is 17.1 Å². The Hall–Kier alpha value is -2.82. The van der Waals surface area contributed by atoms with Gasteiger partial charge in [-0.3, -0.25) is 10.1 Å². The Bertz CT molecular complexity index is 889. The monoisotopic (exact) mass is 363 g/mol. The van der Waals surface area contributed by atoms with Gasteiger partial charge in [0, 0.05) is 36.4 Å². The van der Waals surface area contributed by atoms with E-state index in [0.717, 1.165) is 30.8 Å². The molecule has 140 valence electrons. The molecule has 0 aromatic heterocycles. The standard InChI is InChI=1S/C22H25N3O2/c1-3-24(4-2)15-12-13-20-19(14-15)16-9-7-10-17(16)22(23-20)18-8-5-6-11-21(18)25(26)27/h5-9,11-14,16-17,22-23H,3-4,10H2,1-2H3. The number of rotatable bonds is 5. The lowest BCUT2D eigenvalue weighted by atomic mass is 9.76. The van der Waals surface area contributed by atoms with Crippen LogP contribution in [0.2, 0.25) is 0 Å². The van der Waals surface area contributed by atoms with Crippen molar-refractivity contribution < 1.29 is 4.92 Å². The normalized spacial score (nSPS) is 22.7. The number of anilines is 2. The maximum absolute atomic E-state index is 11.5. The fourth-order valence-electron chi connectivity index (χ4n) is 4.59. The maximum Gasteiger partial charge on any atom is 0.274 e. The van der Waals surface area contributed by atoms with Gasteiger partial charge in [0.15, 0.2) is 0 Å². The van der Waals surface area contributed by atoms with Crippen LogP contribution in [0.25, 0.3) is 0 Å². The van der Waals surface area contributed by atoms with Crippen LogP contribution in [0.1, 0.15) is 43.4 Å². The Morgan fingerprint density at radius 3 is 2.67 bits per heavy atom. The molecule has 27 heavy (non-hydrogen) atoms. The molecule has 0 radical (unpaired) electrons. The number of allylic oxidation sites excluding steroid dienone is 2. The molecule has 0 saturated carbocycles. The van der Waals surface area contributed by atoms with E-state index >= 15 is 0 Å². The zero-order valence-corrected chi connectivity index (χ0v) is 15.8. The number of nitro benzene ring substituents is 1. The number of para-hydroxylation sites is 1. The molecule has 2 aliphatic rings. The number of nitrogens with zero attached hydrogens (tertiary/aromatic N) is 2. The second-order valence-electron chi connectivity index (χ2n) is 7.24. The third kappa shape index (κ3) is 2.97. The molecule has 0 saturated heterocycles. The summed E-state index contributed by atoms with van der Waals surface area (Å²) in [7, 11) is 0. The van der Waals surface area contributed by atoms with Gasteiger partial charge in [-0.1, -0.05) is 30.4 Å². The number of nitrogens with one attached hydrogen (secondary N) is 1. The van der Waals surface area contributed by atoms with Crippen LogP contribution in [0.5, 0.6) is 0 Å². The second kappa shape index (κ2) is 7.06. The van der Waals surface area contributed by atoms with Gasteiger partial charge in [0.1, 0.15) is 0 Å². The van der Waals surface area contributed by atoms with Gasteiger partial charge in [0.25, 0.3) is 5.69 Å². The van der Waals surface area contributed by atoms with E-state index in [1.54, 1.807) is 12.1 Å². The Morgan fingerprint density at radius 2 is 1.93 bits per heavy atom. The van der Waals surface area contributed by atoms with E-state index in [-0.39, 0.29) is 16.7 Å². The number of nitro groups is 1. The van der Waals surface area contributed by atoms with Crippen molar-refractivity contribution in [2.45, 2.75) is 32.2 Å². The van der Waals surface area contributed by atoms with Crippen LogP contribution in [0.15, 0.2) is 54.6 Å². The molecule has 0 spiro atoms. The molecule has 3 unspecified atom stereocenters. The molecule has 5 nitrogen and oxygen atoms in total. The van der Waals surface area contributed by atoms with E-state index < -0.39 is 0 Å². The largest absolute Gasteiger partial charge is 0.377 e. The van der Waals surface area contributed by atoms with Gasteiger partial charge >= 0.3 is 0 Å². The molecule has 0 bridgehead atoms. The molecule has 2 aromatic rings. The van der Waals surface area contributed by atoms with Gasteiger partial charge in [-0.05, 0) is 49.9 Å². The van der Waals surface area contributed by atoms with Gasteiger partial charge in [0.05, 0.1) is 16.5 Å². The zero-order chi connectivity index (χ0) is 19.0. The summed E-state index contributed by atoms with van der Waals surface area (Å²) in [5.41, 5.74) is 4.60. The zero-order valence-electron chi connectivity index (χ0n) is 15.8. The lowest BCUT2D eigenvalue weighted by molar-refractivity contribution is -0.385. The highest BCUT2D eigenvalue weighted by Gasteiger charge is 2.40. The molecule has 1 aliphatic carbocycles. The predicted molar refractivity (Wildman–Crippen MR) is 109 cm³/mol. The van der Waals surface area contributed by atoms with E-state index in [4.69, 9.17) is 0 Å². The first-order valence-electron chi connectivity index (χ1n) is 9.69. The van der Waals surface area contributed by atoms with Crippen LogP contribution in [-0.2, 0) is 0 Å². The van der Waals surface area contributed by atoms with Crippen molar-refractivity contribution in [2.75, 3.05) is 23.3 Å². The third-order valence-electron chi connectivity index (χ3n) is 5.94. The summed E-state index contributed by atoms with van der Waals surface area (Å²) < 4.78 is 0. The molecule has 4 rings (SSSR count). The summed E-state index contributed by atoms with van der Waals surface area (Å²) in [6.07, 6.45) is 5.43. The van der Waals surface area contributed by atoms with Gasteiger partial charge in [-0.25, -0.2) is 0 Å². The highest BCUT2D eigenvalue weighted by molar-refractivity contribution is 5.66. The first-order chi connectivity index (χ1) is 13.1. The molecule has 3 atom stereocenters. The minimum absolute atomic E-state index is 0.0570. The number of benzene rings is 2. The molecule has 2 aromatic carbocycles. The topological polar surface area (TPSA) is 58.4 Å². The quantitative estimate of drug-likeness (QED) is 0.447. The Morgan fingerprint density at radius 1 is 1.15 bits per heavy atom. The minimum atomic E-state index is -0.270. The highest BCUT2D eigenvalue weighted by Crippen LogP contribution is 2.51. The van der Waals surface area contributed by atoms with Gasteiger partial charge in [-0.15, -0.1) is 0 Å². The SMILES string of the molecule is CCN(CC)c1ccc2c(c1)C1C=CCC1C(c1ccccc1[N+](=O)[O-])N2. The molecule has 1 heterocycles. The molecule has 0 fully saturated rings. The van der Waals surface area contributed by atoms with Crippen molar-refractivity contribution in [2.24, 2.45) is 5.92 Å². The van der Waals surface area contributed by atoms with Crippen molar-refractivity contribution in [3.8, 4) is 0 Å². The second-order valence-corrected chi connectivity index (χ2v) is 7.24.